The fourth-order valence-corrected chi connectivity index (χ4v) is 1.61. The van der Waals surface area contributed by atoms with Crippen LogP contribution in [-0.2, 0) is 0 Å². The summed E-state index contributed by atoms with van der Waals surface area (Å²) in [5.74, 6) is 0.535. The van der Waals surface area contributed by atoms with Crippen LogP contribution in [0.2, 0.25) is 5.02 Å². The van der Waals surface area contributed by atoms with Crippen LogP contribution in [0, 0.1) is 6.92 Å². The van der Waals surface area contributed by atoms with Crippen molar-refractivity contribution in [3.63, 3.8) is 0 Å². The summed E-state index contributed by atoms with van der Waals surface area (Å²) in [7, 11) is 0. The van der Waals surface area contributed by atoms with E-state index in [9.17, 15) is 0 Å². The number of pyridine rings is 1. The van der Waals surface area contributed by atoms with Gasteiger partial charge in [-0.25, -0.2) is 4.98 Å². The standard InChI is InChI=1S/C10H9ClN2/c1-6-9-3-2-8(11)4-7(9)5-10(12)13-6/h2-5H,1H3,(H2,12,13). The average Bonchev–Trinajstić information content (AvgIpc) is 2.02. The van der Waals surface area contributed by atoms with Crippen LogP contribution in [0.25, 0.3) is 10.8 Å². The molecule has 0 saturated heterocycles. The van der Waals surface area contributed by atoms with Gasteiger partial charge in [-0.2, -0.15) is 0 Å². The minimum absolute atomic E-state index is 0.535. The second kappa shape index (κ2) is 2.89. The molecular weight excluding hydrogens is 184 g/mol. The maximum Gasteiger partial charge on any atom is 0.124 e. The molecule has 0 aliphatic carbocycles. The van der Waals surface area contributed by atoms with Gasteiger partial charge < -0.3 is 5.73 Å². The highest BCUT2D eigenvalue weighted by Crippen LogP contribution is 2.22. The lowest BCUT2D eigenvalue weighted by Crippen LogP contribution is -1.92. The molecule has 2 rings (SSSR count). The monoisotopic (exact) mass is 192 g/mol. The first-order chi connectivity index (χ1) is 6.16. The van der Waals surface area contributed by atoms with Crippen molar-refractivity contribution in [3.8, 4) is 0 Å². The van der Waals surface area contributed by atoms with Gasteiger partial charge in [0.2, 0.25) is 0 Å². The molecule has 1 heterocycles. The molecule has 0 spiro atoms. The molecule has 0 aliphatic heterocycles. The van der Waals surface area contributed by atoms with E-state index in [1.807, 2.05) is 31.2 Å². The van der Waals surface area contributed by atoms with Crippen molar-refractivity contribution in [2.24, 2.45) is 0 Å². The summed E-state index contributed by atoms with van der Waals surface area (Å²) in [6.07, 6.45) is 0. The number of aromatic nitrogens is 1. The third kappa shape index (κ3) is 1.45. The molecule has 0 radical (unpaired) electrons. The van der Waals surface area contributed by atoms with Crippen LogP contribution in [0.5, 0.6) is 0 Å². The number of fused-ring (bicyclic) bond motifs is 1. The van der Waals surface area contributed by atoms with Gasteiger partial charge >= 0.3 is 0 Å². The molecule has 2 N–H and O–H groups in total. The fourth-order valence-electron chi connectivity index (χ4n) is 1.43. The number of nitrogen functional groups attached to an aromatic ring is 1. The highest BCUT2D eigenvalue weighted by atomic mass is 35.5. The summed E-state index contributed by atoms with van der Waals surface area (Å²) in [4.78, 5) is 4.17. The lowest BCUT2D eigenvalue weighted by molar-refractivity contribution is 1.24. The largest absolute Gasteiger partial charge is 0.384 e. The van der Waals surface area contributed by atoms with Gasteiger partial charge in [0.25, 0.3) is 0 Å². The first kappa shape index (κ1) is 8.32. The molecule has 0 aliphatic rings. The van der Waals surface area contributed by atoms with Gasteiger partial charge in [0, 0.05) is 16.1 Å². The molecule has 2 aromatic rings. The normalized spacial score (nSPS) is 10.6. The second-order valence-corrected chi connectivity index (χ2v) is 3.43. The van der Waals surface area contributed by atoms with E-state index in [0.717, 1.165) is 21.5 Å². The molecule has 3 heteroatoms. The van der Waals surface area contributed by atoms with Crippen molar-refractivity contribution < 1.29 is 0 Å². The zero-order valence-corrected chi connectivity index (χ0v) is 7.97. The number of benzene rings is 1. The van der Waals surface area contributed by atoms with Crippen LogP contribution in [0.3, 0.4) is 0 Å². The third-order valence-electron chi connectivity index (χ3n) is 2.00. The molecule has 1 aromatic carbocycles. The first-order valence-corrected chi connectivity index (χ1v) is 4.37. The van der Waals surface area contributed by atoms with Gasteiger partial charge in [-0.1, -0.05) is 17.7 Å². The lowest BCUT2D eigenvalue weighted by atomic mass is 10.1. The van der Waals surface area contributed by atoms with E-state index >= 15 is 0 Å². The lowest BCUT2D eigenvalue weighted by Gasteiger charge is -2.02. The summed E-state index contributed by atoms with van der Waals surface area (Å²) in [6.45, 7) is 1.94. The van der Waals surface area contributed by atoms with Gasteiger partial charge in [0.15, 0.2) is 0 Å². The van der Waals surface area contributed by atoms with E-state index in [1.165, 1.54) is 0 Å². The van der Waals surface area contributed by atoms with Crippen LogP contribution in [-0.4, -0.2) is 4.98 Å². The smallest absolute Gasteiger partial charge is 0.124 e. The van der Waals surface area contributed by atoms with Crippen molar-refractivity contribution in [3.05, 3.63) is 35.0 Å². The SMILES string of the molecule is Cc1nc(N)cc2cc(Cl)ccc12. The van der Waals surface area contributed by atoms with Crippen LogP contribution < -0.4 is 5.73 Å². The molecule has 2 nitrogen and oxygen atoms in total. The molecule has 0 bridgehead atoms. The van der Waals surface area contributed by atoms with Crippen molar-refractivity contribution >= 4 is 28.2 Å². The topological polar surface area (TPSA) is 38.9 Å². The Kier molecular flexibility index (Phi) is 1.85. The van der Waals surface area contributed by atoms with E-state index in [2.05, 4.69) is 4.98 Å². The number of nitrogens with zero attached hydrogens (tertiary/aromatic N) is 1. The van der Waals surface area contributed by atoms with Gasteiger partial charge in [0.1, 0.15) is 5.82 Å². The number of halogens is 1. The van der Waals surface area contributed by atoms with E-state index in [-0.39, 0.29) is 0 Å². The minimum atomic E-state index is 0.535. The highest BCUT2D eigenvalue weighted by molar-refractivity contribution is 6.31. The molecular formula is C10H9ClN2. The third-order valence-corrected chi connectivity index (χ3v) is 2.24. The first-order valence-electron chi connectivity index (χ1n) is 3.99. The number of anilines is 1. The Labute approximate surface area is 81.3 Å². The summed E-state index contributed by atoms with van der Waals surface area (Å²) < 4.78 is 0. The fraction of sp³-hybridized carbons (Fsp3) is 0.100. The molecule has 0 fully saturated rings. The van der Waals surface area contributed by atoms with Crippen molar-refractivity contribution in [1.29, 1.82) is 0 Å². The van der Waals surface area contributed by atoms with E-state index in [1.54, 1.807) is 0 Å². The maximum absolute atomic E-state index is 5.86. The van der Waals surface area contributed by atoms with Crippen molar-refractivity contribution in [1.82, 2.24) is 4.98 Å². The van der Waals surface area contributed by atoms with E-state index < -0.39 is 0 Å². The Morgan fingerprint density at radius 2 is 2.08 bits per heavy atom. The Morgan fingerprint density at radius 3 is 2.85 bits per heavy atom. The average molecular weight is 193 g/mol. The number of nitrogens with two attached hydrogens (primary N) is 1. The molecule has 13 heavy (non-hydrogen) atoms. The number of rotatable bonds is 0. The van der Waals surface area contributed by atoms with Gasteiger partial charge in [0.05, 0.1) is 0 Å². The van der Waals surface area contributed by atoms with Crippen LogP contribution >= 0.6 is 11.6 Å². The second-order valence-electron chi connectivity index (χ2n) is 3.00. The minimum Gasteiger partial charge on any atom is -0.384 e. The quantitative estimate of drug-likeness (QED) is 0.697. The van der Waals surface area contributed by atoms with Gasteiger partial charge in [-0.15, -0.1) is 0 Å². The van der Waals surface area contributed by atoms with Crippen molar-refractivity contribution in [2.75, 3.05) is 5.73 Å². The molecule has 66 valence electrons. The number of hydrogen-bond acceptors (Lipinski definition) is 2. The van der Waals surface area contributed by atoms with Crippen LogP contribution in [0.4, 0.5) is 5.82 Å². The summed E-state index contributed by atoms with van der Waals surface area (Å²) in [5.41, 5.74) is 6.56. The number of aryl methyl sites for hydroxylation is 1. The predicted octanol–water partition coefficient (Wildman–Crippen LogP) is 2.78. The molecule has 0 amide bonds. The Balaban J connectivity index is 2.86. The zero-order valence-electron chi connectivity index (χ0n) is 7.21. The summed E-state index contributed by atoms with van der Waals surface area (Å²) in [6, 6.07) is 7.53. The van der Waals surface area contributed by atoms with Gasteiger partial charge in [-0.05, 0) is 30.5 Å². The highest BCUT2D eigenvalue weighted by Gasteiger charge is 2.00. The summed E-state index contributed by atoms with van der Waals surface area (Å²) >= 11 is 5.86. The zero-order chi connectivity index (χ0) is 9.42. The Bertz CT molecular complexity index is 460. The Hall–Kier alpha value is -1.28. The Morgan fingerprint density at radius 1 is 1.31 bits per heavy atom. The van der Waals surface area contributed by atoms with Crippen LogP contribution in [0.1, 0.15) is 5.69 Å². The van der Waals surface area contributed by atoms with E-state index in [4.69, 9.17) is 17.3 Å². The molecule has 1 aromatic heterocycles. The van der Waals surface area contributed by atoms with Gasteiger partial charge in [-0.3, -0.25) is 0 Å². The maximum atomic E-state index is 5.86. The predicted molar refractivity (Wildman–Crippen MR) is 55.9 cm³/mol. The molecule has 0 unspecified atom stereocenters. The summed E-state index contributed by atoms with van der Waals surface area (Å²) in [5, 5.41) is 2.86. The van der Waals surface area contributed by atoms with Crippen molar-refractivity contribution in [2.45, 2.75) is 6.92 Å². The van der Waals surface area contributed by atoms with E-state index in [0.29, 0.717) is 5.82 Å². The number of hydrogen-bond donors (Lipinski definition) is 1. The van der Waals surface area contributed by atoms with Crippen LogP contribution in [0.15, 0.2) is 24.3 Å². The molecule has 0 atom stereocenters. The molecule has 0 saturated carbocycles.